The number of nitrogens with one attached hydrogen (secondary N) is 2. The van der Waals surface area contributed by atoms with E-state index in [2.05, 4.69) is 15.5 Å². The Kier molecular flexibility index (Phi) is 8.76. The van der Waals surface area contributed by atoms with Crippen LogP contribution in [0.4, 0.5) is 0 Å². The predicted molar refractivity (Wildman–Crippen MR) is 164 cm³/mol. The number of halogens is 2. The van der Waals surface area contributed by atoms with Gasteiger partial charge in [0, 0.05) is 27.1 Å². The number of nitrogens with zero attached hydrogens (tertiary/aromatic N) is 1. The number of methoxy groups -OCH3 is 1. The van der Waals surface area contributed by atoms with Gasteiger partial charge in [-0.2, -0.15) is 5.10 Å². The van der Waals surface area contributed by atoms with Crippen LogP contribution in [-0.2, 0) is 0 Å². The highest BCUT2D eigenvalue weighted by Crippen LogP contribution is 2.38. The number of hydrogen-bond acceptors (Lipinski definition) is 6. The molecule has 0 aliphatic heterocycles. The molecule has 0 spiro atoms. The molecule has 0 radical (unpaired) electrons. The van der Waals surface area contributed by atoms with Gasteiger partial charge in [0.1, 0.15) is 11.4 Å². The number of hydrazone groups is 1. The van der Waals surface area contributed by atoms with Gasteiger partial charge in [0.05, 0.1) is 30.5 Å². The van der Waals surface area contributed by atoms with Crippen LogP contribution in [0.15, 0.2) is 90.0 Å². The van der Waals surface area contributed by atoms with Crippen molar-refractivity contribution in [1.82, 2.24) is 10.4 Å². The second-order valence-corrected chi connectivity index (χ2v) is 9.79. The van der Waals surface area contributed by atoms with E-state index in [4.69, 9.17) is 37.4 Å². The maximum Gasteiger partial charge on any atom is 0.345 e. The summed E-state index contributed by atoms with van der Waals surface area (Å²) in [6.07, 6.45) is 1.45. The van der Waals surface area contributed by atoms with Crippen molar-refractivity contribution in [1.29, 1.82) is 0 Å². The first-order valence-electron chi connectivity index (χ1n) is 12.9. The number of carbonyl (C=O) groups is 2. The van der Waals surface area contributed by atoms with Crippen LogP contribution < -0.4 is 19.6 Å². The van der Waals surface area contributed by atoms with Gasteiger partial charge in [-0.05, 0) is 67.1 Å². The van der Waals surface area contributed by atoms with E-state index in [-0.39, 0.29) is 16.3 Å². The van der Waals surface area contributed by atoms with Gasteiger partial charge in [-0.3, -0.25) is 4.79 Å². The van der Waals surface area contributed by atoms with E-state index >= 15 is 0 Å². The first-order chi connectivity index (χ1) is 20.4. The van der Waals surface area contributed by atoms with Crippen molar-refractivity contribution < 1.29 is 23.8 Å². The van der Waals surface area contributed by atoms with Crippen molar-refractivity contribution in [3.8, 4) is 28.4 Å². The number of aromatic amines is 1. The molecule has 42 heavy (non-hydrogen) atoms. The molecule has 4 aromatic carbocycles. The molecule has 5 aromatic rings. The number of hydrogen-bond donors (Lipinski definition) is 2. The minimum absolute atomic E-state index is 0.206. The zero-order chi connectivity index (χ0) is 29.6. The van der Waals surface area contributed by atoms with Crippen molar-refractivity contribution in [3.05, 3.63) is 112 Å². The Labute approximate surface area is 251 Å². The van der Waals surface area contributed by atoms with Gasteiger partial charge in [0.15, 0.2) is 11.5 Å². The fourth-order valence-electron chi connectivity index (χ4n) is 4.39. The summed E-state index contributed by atoms with van der Waals surface area (Å²) in [5.41, 5.74) is 5.77. The van der Waals surface area contributed by atoms with Gasteiger partial charge in [-0.25, -0.2) is 10.2 Å². The molecule has 1 amide bonds. The Hall–Kier alpha value is -4.79. The number of rotatable bonds is 9. The molecule has 0 atom stereocenters. The summed E-state index contributed by atoms with van der Waals surface area (Å²) >= 11 is 12.6. The molecule has 1 aromatic heterocycles. The summed E-state index contributed by atoms with van der Waals surface area (Å²) in [6, 6.07) is 24.3. The Morgan fingerprint density at radius 2 is 1.69 bits per heavy atom. The number of H-pyrrole nitrogens is 1. The second-order valence-electron chi connectivity index (χ2n) is 8.97. The van der Waals surface area contributed by atoms with Crippen molar-refractivity contribution in [2.45, 2.75) is 6.92 Å². The Morgan fingerprint density at radius 3 is 2.43 bits per heavy atom. The average molecular weight is 602 g/mol. The van der Waals surface area contributed by atoms with Crippen LogP contribution in [-0.4, -0.2) is 36.8 Å². The molecule has 212 valence electrons. The van der Waals surface area contributed by atoms with Gasteiger partial charge in [-0.15, -0.1) is 0 Å². The summed E-state index contributed by atoms with van der Waals surface area (Å²) in [4.78, 5) is 29.1. The minimum Gasteiger partial charge on any atom is -0.494 e. The number of fused-ring (bicyclic) bond motifs is 1. The summed E-state index contributed by atoms with van der Waals surface area (Å²) in [6.45, 7) is 2.42. The molecule has 1 heterocycles. The molecular weight excluding hydrogens is 577 g/mol. The highest BCUT2D eigenvalue weighted by Gasteiger charge is 2.21. The number of carbonyl (C=O) groups excluding carboxylic acids is 2. The van der Waals surface area contributed by atoms with Crippen LogP contribution in [0.2, 0.25) is 10.0 Å². The lowest BCUT2D eigenvalue weighted by Gasteiger charge is -2.10. The lowest BCUT2D eigenvalue weighted by molar-refractivity contribution is 0.0729. The number of ether oxygens (including phenoxy) is 3. The van der Waals surface area contributed by atoms with E-state index in [0.717, 1.165) is 10.9 Å². The van der Waals surface area contributed by atoms with Gasteiger partial charge >= 0.3 is 5.97 Å². The molecule has 0 saturated heterocycles. The highest BCUT2D eigenvalue weighted by atomic mass is 35.5. The normalized spacial score (nSPS) is 11.0. The first kappa shape index (κ1) is 28.7. The van der Waals surface area contributed by atoms with Gasteiger partial charge in [-0.1, -0.05) is 53.5 Å². The molecule has 0 aliphatic carbocycles. The van der Waals surface area contributed by atoms with E-state index in [0.29, 0.717) is 45.5 Å². The van der Waals surface area contributed by atoms with E-state index in [1.165, 1.54) is 13.3 Å². The molecule has 0 saturated carbocycles. The van der Waals surface area contributed by atoms with Gasteiger partial charge in [0.25, 0.3) is 5.91 Å². The SMILES string of the molecule is CCOc1ccc2[nH]c(C(=O)NN=Cc3ccc(OC(=O)c4ccccc4Cl)c(OC)c3)c(-c3ccccc3Cl)c2c1. The Bertz CT molecular complexity index is 1820. The topological polar surface area (TPSA) is 102 Å². The largest absolute Gasteiger partial charge is 0.494 e. The molecule has 8 nitrogen and oxygen atoms in total. The summed E-state index contributed by atoms with van der Waals surface area (Å²) < 4.78 is 16.6. The lowest BCUT2D eigenvalue weighted by atomic mass is 10.0. The van der Waals surface area contributed by atoms with Crippen molar-refractivity contribution in [2.24, 2.45) is 5.10 Å². The van der Waals surface area contributed by atoms with E-state index < -0.39 is 11.9 Å². The Balaban J connectivity index is 1.38. The van der Waals surface area contributed by atoms with Crippen molar-refractivity contribution in [3.63, 3.8) is 0 Å². The van der Waals surface area contributed by atoms with Crippen LogP contribution in [0.5, 0.6) is 17.2 Å². The van der Waals surface area contributed by atoms with E-state index in [9.17, 15) is 9.59 Å². The molecule has 10 heteroatoms. The van der Waals surface area contributed by atoms with E-state index in [1.807, 2.05) is 43.3 Å². The molecular formula is C32H25Cl2N3O5. The quantitative estimate of drug-likeness (QED) is 0.0786. The standard InChI is InChI=1S/C32H25Cl2N3O5/c1-3-41-20-13-14-26-23(17-20)29(21-8-4-6-10-24(21)33)30(36-26)31(38)37-35-18-19-12-15-27(28(16-19)40-2)42-32(39)22-9-5-7-11-25(22)34/h4-18,36H,3H2,1-2H3,(H,37,38). The lowest BCUT2D eigenvalue weighted by Crippen LogP contribution is -2.19. The molecule has 2 N–H and O–H groups in total. The smallest absolute Gasteiger partial charge is 0.345 e. The predicted octanol–water partition coefficient (Wildman–Crippen LogP) is 7.53. The zero-order valence-corrected chi connectivity index (χ0v) is 24.1. The molecule has 5 rings (SSSR count). The maximum absolute atomic E-state index is 13.4. The summed E-state index contributed by atoms with van der Waals surface area (Å²) in [7, 11) is 1.45. The van der Waals surface area contributed by atoms with Crippen LogP contribution in [0.3, 0.4) is 0 Å². The molecule has 0 unspecified atom stereocenters. The number of esters is 1. The minimum atomic E-state index is -0.617. The molecule has 0 aliphatic rings. The molecule has 0 bridgehead atoms. The molecule has 0 fully saturated rings. The first-order valence-corrected chi connectivity index (χ1v) is 13.7. The fraction of sp³-hybridized carbons (Fsp3) is 0.0938. The van der Waals surface area contributed by atoms with E-state index in [1.54, 1.807) is 48.5 Å². The third kappa shape index (κ3) is 6.10. The monoisotopic (exact) mass is 601 g/mol. The second kappa shape index (κ2) is 12.8. The van der Waals surface area contributed by atoms with Crippen LogP contribution in [0.25, 0.3) is 22.0 Å². The van der Waals surface area contributed by atoms with Crippen LogP contribution >= 0.6 is 23.2 Å². The average Bonchev–Trinajstić information content (AvgIpc) is 3.37. The number of benzene rings is 4. The third-order valence-corrected chi connectivity index (χ3v) is 6.97. The van der Waals surface area contributed by atoms with Crippen molar-refractivity contribution >= 4 is 52.2 Å². The van der Waals surface area contributed by atoms with Gasteiger partial charge in [0.2, 0.25) is 0 Å². The third-order valence-electron chi connectivity index (χ3n) is 6.32. The van der Waals surface area contributed by atoms with Crippen LogP contribution in [0.1, 0.15) is 33.3 Å². The summed E-state index contributed by atoms with van der Waals surface area (Å²) in [5.74, 6) is 0.100. The number of amides is 1. The number of aromatic nitrogens is 1. The highest BCUT2D eigenvalue weighted by molar-refractivity contribution is 6.34. The van der Waals surface area contributed by atoms with Crippen molar-refractivity contribution in [2.75, 3.05) is 13.7 Å². The maximum atomic E-state index is 13.4. The fourth-order valence-corrected chi connectivity index (χ4v) is 4.84. The zero-order valence-electron chi connectivity index (χ0n) is 22.6. The Morgan fingerprint density at radius 1 is 0.929 bits per heavy atom. The summed E-state index contributed by atoms with van der Waals surface area (Å²) in [5, 5.41) is 5.70. The van der Waals surface area contributed by atoms with Gasteiger partial charge < -0.3 is 19.2 Å². The van der Waals surface area contributed by atoms with Crippen LogP contribution in [0, 0.1) is 0 Å².